The summed E-state index contributed by atoms with van der Waals surface area (Å²) in [5, 5.41) is 2.37. The molecule has 0 radical (unpaired) electrons. The van der Waals surface area contributed by atoms with Gasteiger partial charge in [0.15, 0.2) is 6.04 Å². The van der Waals surface area contributed by atoms with E-state index < -0.39 is 29.3 Å². The van der Waals surface area contributed by atoms with Crippen LogP contribution in [0, 0.1) is 11.6 Å². The van der Waals surface area contributed by atoms with Crippen LogP contribution >= 0.6 is 0 Å². The molecule has 1 saturated heterocycles. The van der Waals surface area contributed by atoms with Gasteiger partial charge in [0, 0.05) is 12.4 Å². The van der Waals surface area contributed by atoms with Gasteiger partial charge in [-0.2, -0.15) is 0 Å². The van der Waals surface area contributed by atoms with Gasteiger partial charge in [0.05, 0.1) is 26.2 Å². The first-order chi connectivity index (χ1) is 12.1. The number of carbonyl (C=O) groups is 1. The zero-order valence-corrected chi connectivity index (χ0v) is 13.9. The normalized spacial score (nSPS) is 16.5. The van der Waals surface area contributed by atoms with Gasteiger partial charge in [-0.1, -0.05) is 6.07 Å². The van der Waals surface area contributed by atoms with Crippen LogP contribution in [-0.4, -0.2) is 48.1 Å². The van der Waals surface area contributed by atoms with Crippen molar-refractivity contribution in [3.63, 3.8) is 0 Å². The third kappa shape index (κ3) is 3.90. The average Bonchev–Trinajstić information content (AvgIpc) is 2.65. The number of nitrogens with one attached hydrogen (secondary N) is 2. The van der Waals surface area contributed by atoms with Crippen molar-refractivity contribution in [1.82, 2.24) is 9.97 Å². The lowest BCUT2D eigenvalue weighted by Crippen LogP contribution is -3.19. The summed E-state index contributed by atoms with van der Waals surface area (Å²) in [6.07, 6.45) is 3.39. The van der Waals surface area contributed by atoms with Gasteiger partial charge in [-0.05, 0) is 25.1 Å². The molecule has 1 aromatic heterocycles. The molecule has 1 aliphatic heterocycles. The maximum Gasteiger partial charge on any atom is 0.282 e. The van der Waals surface area contributed by atoms with Crippen molar-refractivity contribution in [3.05, 3.63) is 48.3 Å². The van der Waals surface area contributed by atoms with Crippen LogP contribution in [0.3, 0.4) is 0 Å². The summed E-state index contributed by atoms with van der Waals surface area (Å²) in [7, 11) is 0. The summed E-state index contributed by atoms with van der Waals surface area (Å²) in [5.41, 5.74) is -0.393. The van der Waals surface area contributed by atoms with E-state index in [0.717, 1.165) is 17.0 Å². The van der Waals surface area contributed by atoms with Crippen LogP contribution in [0.4, 0.5) is 20.4 Å². The molecule has 0 aliphatic carbocycles. The van der Waals surface area contributed by atoms with E-state index in [0.29, 0.717) is 32.1 Å². The molecule has 6 nitrogen and oxygen atoms in total. The smallest absolute Gasteiger partial charge is 0.282 e. The Morgan fingerprint density at radius 1 is 1.16 bits per heavy atom. The number of rotatable bonds is 4. The number of nitrogens with zero attached hydrogens (tertiary/aromatic N) is 3. The summed E-state index contributed by atoms with van der Waals surface area (Å²) in [5.74, 6) is -1.28. The largest absolute Gasteiger partial charge is 0.330 e. The number of halogens is 2. The summed E-state index contributed by atoms with van der Waals surface area (Å²) < 4.78 is 27.3. The lowest BCUT2D eigenvalue weighted by atomic mass is 10.2. The first-order valence-corrected chi connectivity index (χ1v) is 8.17. The van der Waals surface area contributed by atoms with E-state index >= 15 is 0 Å². The van der Waals surface area contributed by atoms with Gasteiger partial charge in [0.1, 0.15) is 17.3 Å². The summed E-state index contributed by atoms with van der Waals surface area (Å²) >= 11 is 0. The van der Waals surface area contributed by atoms with Crippen molar-refractivity contribution in [3.8, 4) is 0 Å². The van der Waals surface area contributed by atoms with Crippen LogP contribution in [-0.2, 0) is 4.79 Å². The minimum Gasteiger partial charge on any atom is -0.330 e. The standard InChI is InChI=1S/C17H19F2N5O/c1-12(16(25)22-15-13(18)4-2-5-14(15)19)23-8-10-24(11-9-23)17-20-6-3-7-21-17/h2-7,12H,8-11H2,1H3,(H,22,25)/p+1/t12-/m0/s1. The molecule has 8 heteroatoms. The molecule has 0 unspecified atom stereocenters. The van der Waals surface area contributed by atoms with Gasteiger partial charge >= 0.3 is 0 Å². The highest BCUT2D eigenvalue weighted by atomic mass is 19.1. The van der Waals surface area contributed by atoms with E-state index in [-0.39, 0.29) is 0 Å². The monoisotopic (exact) mass is 348 g/mol. The number of aromatic nitrogens is 2. The lowest BCUT2D eigenvalue weighted by molar-refractivity contribution is -0.914. The quantitative estimate of drug-likeness (QED) is 0.844. The molecule has 1 atom stereocenters. The molecule has 0 bridgehead atoms. The Labute approximate surface area is 144 Å². The SMILES string of the molecule is C[C@@H](C(=O)Nc1c(F)cccc1F)[NH+]1CCN(c2ncccn2)CC1. The number of amides is 1. The second-order valence-corrected chi connectivity index (χ2v) is 6.00. The molecule has 3 rings (SSSR count). The third-order valence-corrected chi connectivity index (χ3v) is 4.46. The predicted octanol–water partition coefficient (Wildman–Crippen LogP) is 0.487. The fraction of sp³-hybridized carbons (Fsp3) is 0.353. The Balaban J connectivity index is 1.59. The number of quaternary nitrogens is 1. The van der Waals surface area contributed by atoms with Crippen LogP contribution in [0.1, 0.15) is 6.92 Å². The van der Waals surface area contributed by atoms with E-state index in [1.165, 1.54) is 6.07 Å². The molecular formula is C17H20F2N5O+. The number of anilines is 2. The van der Waals surface area contributed by atoms with Crippen LogP contribution in [0.15, 0.2) is 36.7 Å². The number of hydrogen-bond donors (Lipinski definition) is 2. The van der Waals surface area contributed by atoms with E-state index in [1.807, 2.05) is 0 Å². The fourth-order valence-corrected chi connectivity index (χ4v) is 2.92. The summed E-state index contributed by atoms with van der Waals surface area (Å²) in [4.78, 5) is 23.9. The van der Waals surface area contributed by atoms with E-state index in [9.17, 15) is 13.6 Å². The van der Waals surface area contributed by atoms with Crippen molar-refractivity contribution in [2.24, 2.45) is 0 Å². The second kappa shape index (κ2) is 7.52. The Bertz CT molecular complexity index is 715. The van der Waals surface area contributed by atoms with Gasteiger partial charge < -0.3 is 15.1 Å². The lowest BCUT2D eigenvalue weighted by Gasteiger charge is -2.34. The van der Waals surface area contributed by atoms with Gasteiger partial charge in [0.2, 0.25) is 5.95 Å². The van der Waals surface area contributed by atoms with Crippen molar-refractivity contribution < 1.29 is 18.5 Å². The minimum absolute atomic E-state index is 0.393. The highest BCUT2D eigenvalue weighted by Gasteiger charge is 2.30. The number of hydrogen-bond acceptors (Lipinski definition) is 4. The first kappa shape index (κ1) is 17.2. The maximum absolute atomic E-state index is 13.7. The molecule has 2 aromatic rings. The molecule has 132 valence electrons. The number of carbonyl (C=O) groups excluding carboxylic acids is 1. The molecule has 1 aromatic carbocycles. The molecule has 1 fully saturated rings. The van der Waals surface area contributed by atoms with Crippen molar-refractivity contribution >= 4 is 17.5 Å². The topological polar surface area (TPSA) is 62.6 Å². The number of piperazine rings is 1. The molecule has 0 saturated carbocycles. The Hall–Kier alpha value is -2.61. The third-order valence-electron chi connectivity index (χ3n) is 4.46. The molecule has 2 heterocycles. The van der Waals surface area contributed by atoms with Crippen LogP contribution in [0.2, 0.25) is 0 Å². The molecule has 0 spiro atoms. The van der Waals surface area contributed by atoms with Crippen LogP contribution in [0.25, 0.3) is 0 Å². The average molecular weight is 348 g/mol. The highest BCUT2D eigenvalue weighted by molar-refractivity contribution is 5.93. The van der Waals surface area contributed by atoms with Gasteiger partial charge in [-0.15, -0.1) is 0 Å². The molecule has 1 aliphatic rings. The van der Waals surface area contributed by atoms with E-state index in [4.69, 9.17) is 0 Å². The number of benzene rings is 1. The Kier molecular flexibility index (Phi) is 5.18. The highest BCUT2D eigenvalue weighted by Crippen LogP contribution is 2.17. The molecule has 1 amide bonds. The summed E-state index contributed by atoms with van der Waals surface area (Å²) in [6.45, 7) is 4.62. The maximum atomic E-state index is 13.7. The van der Waals surface area contributed by atoms with Crippen molar-refractivity contribution in [1.29, 1.82) is 0 Å². The molecular weight excluding hydrogens is 328 g/mol. The van der Waals surface area contributed by atoms with Crippen LogP contribution in [0.5, 0.6) is 0 Å². The van der Waals surface area contributed by atoms with Crippen LogP contribution < -0.4 is 15.1 Å². The summed E-state index contributed by atoms with van der Waals surface area (Å²) in [6, 6.07) is 4.85. The van der Waals surface area contributed by atoms with Gasteiger partial charge in [-0.25, -0.2) is 18.7 Å². The van der Waals surface area contributed by atoms with Crippen molar-refractivity contribution in [2.75, 3.05) is 36.4 Å². The zero-order chi connectivity index (χ0) is 17.8. The molecule has 25 heavy (non-hydrogen) atoms. The Morgan fingerprint density at radius 3 is 2.36 bits per heavy atom. The number of para-hydroxylation sites is 1. The van der Waals surface area contributed by atoms with Crippen molar-refractivity contribution in [2.45, 2.75) is 13.0 Å². The second-order valence-electron chi connectivity index (χ2n) is 6.00. The predicted molar refractivity (Wildman–Crippen MR) is 89.4 cm³/mol. The first-order valence-electron chi connectivity index (χ1n) is 8.17. The van der Waals surface area contributed by atoms with E-state index in [1.54, 1.807) is 25.4 Å². The van der Waals surface area contributed by atoms with Gasteiger partial charge in [-0.3, -0.25) is 4.79 Å². The zero-order valence-electron chi connectivity index (χ0n) is 13.9. The Morgan fingerprint density at radius 2 is 1.76 bits per heavy atom. The fourth-order valence-electron chi connectivity index (χ4n) is 2.92. The van der Waals surface area contributed by atoms with E-state index in [2.05, 4.69) is 20.2 Å². The minimum atomic E-state index is -0.776. The molecule has 2 N–H and O–H groups in total. The van der Waals surface area contributed by atoms with Gasteiger partial charge in [0.25, 0.3) is 5.91 Å².